The molecule has 0 saturated heterocycles. The van der Waals surface area contributed by atoms with Crippen molar-refractivity contribution in [3.05, 3.63) is 47.5 Å². The van der Waals surface area contributed by atoms with Gasteiger partial charge in [0.2, 0.25) is 0 Å². The Kier molecular flexibility index (Phi) is 6.82. The highest BCUT2D eigenvalue weighted by Crippen LogP contribution is 2.45. The minimum atomic E-state index is -1.37. The second-order valence-electron chi connectivity index (χ2n) is 7.64. The molecule has 148 valence electrons. The molecule has 0 fully saturated rings. The molecule has 1 aliphatic rings. The average Bonchev–Trinajstić information content (AvgIpc) is 3.00. The van der Waals surface area contributed by atoms with E-state index in [2.05, 4.69) is 44.7 Å². The first kappa shape index (κ1) is 21.2. The van der Waals surface area contributed by atoms with Crippen molar-refractivity contribution in [2.75, 3.05) is 14.2 Å². The molecule has 0 spiro atoms. The fraction of sp³-hybridized carbons (Fsp3) is 0.545. The van der Waals surface area contributed by atoms with Gasteiger partial charge < -0.3 is 9.47 Å². The predicted molar refractivity (Wildman–Crippen MR) is 105 cm³/mol. The largest absolute Gasteiger partial charge is 0.468 e. The van der Waals surface area contributed by atoms with Crippen molar-refractivity contribution in [1.82, 2.24) is 4.90 Å². The van der Waals surface area contributed by atoms with Crippen molar-refractivity contribution in [1.29, 1.82) is 0 Å². The number of hydrogen-bond acceptors (Lipinski definition) is 5. The molecule has 0 bridgehead atoms. The van der Waals surface area contributed by atoms with Gasteiger partial charge in [-0.3, -0.25) is 14.5 Å². The normalized spacial score (nSPS) is 18.7. The minimum Gasteiger partial charge on any atom is -0.468 e. The summed E-state index contributed by atoms with van der Waals surface area (Å²) in [6, 6.07) is 9.96. The molecule has 1 unspecified atom stereocenters. The van der Waals surface area contributed by atoms with Crippen LogP contribution in [0.5, 0.6) is 0 Å². The van der Waals surface area contributed by atoms with Crippen LogP contribution >= 0.6 is 0 Å². The number of esters is 2. The molecule has 5 heteroatoms. The Hall–Kier alpha value is -2.14. The highest BCUT2D eigenvalue weighted by Gasteiger charge is 2.60. The summed E-state index contributed by atoms with van der Waals surface area (Å²) in [6.07, 6.45) is 2.98. The van der Waals surface area contributed by atoms with E-state index in [-0.39, 0.29) is 18.5 Å². The Morgan fingerprint density at radius 1 is 1.04 bits per heavy atom. The lowest BCUT2D eigenvalue weighted by Crippen LogP contribution is -2.59. The van der Waals surface area contributed by atoms with Gasteiger partial charge in [0.05, 0.1) is 20.3 Å². The van der Waals surface area contributed by atoms with E-state index >= 15 is 0 Å². The second kappa shape index (κ2) is 8.70. The maximum Gasteiger partial charge on any atom is 0.325 e. The van der Waals surface area contributed by atoms with E-state index in [1.165, 1.54) is 14.2 Å². The molecule has 1 aromatic carbocycles. The van der Waals surface area contributed by atoms with Gasteiger partial charge in [-0.2, -0.15) is 0 Å². The van der Waals surface area contributed by atoms with Crippen molar-refractivity contribution in [3.8, 4) is 0 Å². The molecule has 0 aromatic heterocycles. The first-order valence-corrected chi connectivity index (χ1v) is 9.46. The molecule has 0 saturated carbocycles. The Labute approximate surface area is 162 Å². The molecule has 0 heterocycles. The summed E-state index contributed by atoms with van der Waals surface area (Å²) in [5, 5.41) is 0. The first-order chi connectivity index (χ1) is 12.8. The third-order valence-electron chi connectivity index (χ3n) is 5.35. The summed E-state index contributed by atoms with van der Waals surface area (Å²) in [6.45, 7) is 8.32. The summed E-state index contributed by atoms with van der Waals surface area (Å²) in [5.74, 6) is -1.07. The quantitative estimate of drug-likeness (QED) is 0.417. The fourth-order valence-electron chi connectivity index (χ4n) is 4.31. The van der Waals surface area contributed by atoms with Crippen LogP contribution in [0.2, 0.25) is 0 Å². The molecule has 1 atom stereocenters. The lowest BCUT2D eigenvalue weighted by molar-refractivity contribution is -0.173. The topological polar surface area (TPSA) is 55.8 Å². The summed E-state index contributed by atoms with van der Waals surface area (Å²) in [5.41, 5.74) is 0.827. The Bertz CT molecular complexity index is 670. The molecular formula is C22H31NO4. The third-order valence-corrected chi connectivity index (χ3v) is 5.35. The molecule has 2 rings (SSSR count). The van der Waals surface area contributed by atoms with Crippen LogP contribution in [0.15, 0.2) is 42.0 Å². The zero-order valence-corrected chi connectivity index (χ0v) is 17.2. The fourth-order valence-corrected chi connectivity index (χ4v) is 4.31. The number of hydrogen-bond donors (Lipinski definition) is 0. The molecule has 5 nitrogen and oxygen atoms in total. The molecule has 0 N–H and O–H groups in total. The van der Waals surface area contributed by atoms with Crippen LogP contribution in [0.4, 0.5) is 0 Å². The second-order valence-corrected chi connectivity index (χ2v) is 7.64. The lowest BCUT2D eigenvalue weighted by atomic mass is 9.77. The van der Waals surface area contributed by atoms with Gasteiger partial charge in [-0.15, -0.1) is 0 Å². The number of allylic oxidation sites excluding steroid dienone is 1. The SMILES string of the molecule is COC(=O)C1(C(=O)OC)CC=C(Cc2ccccc2)C1N(C(C)C)C(C)C. The Morgan fingerprint density at radius 2 is 1.56 bits per heavy atom. The molecule has 27 heavy (non-hydrogen) atoms. The smallest absolute Gasteiger partial charge is 0.325 e. The van der Waals surface area contributed by atoms with Gasteiger partial charge in [0.25, 0.3) is 0 Å². The highest BCUT2D eigenvalue weighted by molar-refractivity contribution is 6.02. The number of methoxy groups -OCH3 is 2. The predicted octanol–water partition coefficient (Wildman–Crippen LogP) is 3.38. The van der Waals surface area contributed by atoms with Gasteiger partial charge >= 0.3 is 11.9 Å². The maximum atomic E-state index is 12.9. The molecule has 1 aliphatic carbocycles. The van der Waals surface area contributed by atoms with Crippen LogP contribution in [0.3, 0.4) is 0 Å². The van der Waals surface area contributed by atoms with Gasteiger partial charge in [0, 0.05) is 12.1 Å². The molecule has 0 aliphatic heterocycles. The van der Waals surface area contributed by atoms with Gasteiger partial charge in [-0.25, -0.2) is 0 Å². The van der Waals surface area contributed by atoms with Crippen LogP contribution in [0.1, 0.15) is 39.7 Å². The first-order valence-electron chi connectivity index (χ1n) is 9.46. The third kappa shape index (κ3) is 3.93. The zero-order valence-electron chi connectivity index (χ0n) is 17.2. The number of ether oxygens (including phenoxy) is 2. The van der Waals surface area contributed by atoms with E-state index in [1.54, 1.807) is 0 Å². The average molecular weight is 373 g/mol. The van der Waals surface area contributed by atoms with E-state index in [0.29, 0.717) is 6.42 Å². The molecular weight excluding hydrogens is 342 g/mol. The summed E-state index contributed by atoms with van der Waals surface area (Å²) in [7, 11) is 2.66. The molecule has 1 aromatic rings. The standard InChI is InChI=1S/C22H31NO4/c1-15(2)23(16(3)4)19-18(14-17-10-8-7-9-11-17)12-13-22(19,20(24)26-5)21(25)27-6/h7-12,15-16,19H,13-14H2,1-6H3. The van der Waals surface area contributed by atoms with E-state index in [0.717, 1.165) is 11.1 Å². The van der Waals surface area contributed by atoms with Crippen LogP contribution in [-0.2, 0) is 25.5 Å². The van der Waals surface area contributed by atoms with Gasteiger partial charge in [-0.1, -0.05) is 42.0 Å². The number of carbonyl (C=O) groups excluding carboxylic acids is 2. The van der Waals surface area contributed by atoms with Crippen LogP contribution in [0, 0.1) is 5.41 Å². The van der Waals surface area contributed by atoms with E-state index in [9.17, 15) is 9.59 Å². The van der Waals surface area contributed by atoms with Crippen molar-refractivity contribution < 1.29 is 19.1 Å². The number of carbonyl (C=O) groups is 2. The minimum absolute atomic E-state index is 0.140. The van der Waals surface area contributed by atoms with Crippen LogP contribution in [0.25, 0.3) is 0 Å². The summed E-state index contributed by atoms with van der Waals surface area (Å²) in [4.78, 5) is 28.0. The molecule has 0 amide bonds. The Balaban J connectivity index is 2.57. The Morgan fingerprint density at radius 3 is 2.00 bits per heavy atom. The van der Waals surface area contributed by atoms with Gasteiger partial charge in [-0.05, 0) is 46.1 Å². The number of benzene rings is 1. The van der Waals surface area contributed by atoms with E-state index < -0.39 is 23.4 Å². The number of rotatable bonds is 7. The maximum absolute atomic E-state index is 12.9. The van der Waals surface area contributed by atoms with Crippen molar-refractivity contribution in [2.45, 2.75) is 58.7 Å². The summed E-state index contributed by atoms with van der Waals surface area (Å²) >= 11 is 0. The van der Waals surface area contributed by atoms with Gasteiger partial charge in [0.1, 0.15) is 0 Å². The van der Waals surface area contributed by atoms with Gasteiger partial charge in [0.15, 0.2) is 5.41 Å². The highest BCUT2D eigenvalue weighted by atomic mass is 16.5. The monoisotopic (exact) mass is 373 g/mol. The van der Waals surface area contributed by atoms with Crippen molar-refractivity contribution >= 4 is 11.9 Å². The van der Waals surface area contributed by atoms with E-state index in [1.807, 2.05) is 24.3 Å². The van der Waals surface area contributed by atoms with Crippen molar-refractivity contribution in [2.24, 2.45) is 5.41 Å². The van der Waals surface area contributed by atoms with Crippen LogP contribution in [-0.4, -0.2) is 49.2 Å². The lowest BCUT2D eigenvalue weighted by Gasteiger charge is -2.44. The zero-order chi connectivity index (χ0) is 20.2. The summed E-state index contributed by atoms with van der Waals surface area (Å²) < 4.78 is 10.2. The van der Waals surface area contributed by atoms with E-state index in [4.69, 9.17) is 9.47 Å². The van der Waals surface area contributed by atoms with Crippen molar-refractivity contribution in [3.63, 3.8) is 0 Å². The molecule has 0 radical (unpaired) electrons. The van der Waals surface area contributed by atoms with Crippen LogP contribution < -0.4 is 0 Å². The number of nitrogens with zero attached hydrogens (tertiary/aromatic N) is 1.